The number of halogens is 1. The van der Waals surface area contributed by atoms with Gasteiger partial charge in [-0.1, -0.05) is 0 Å². The second-order valence-corrected chi connectivity index (χ2v) is 4.69. The van der Waals surface area contributed by atoms with Gasteiger partial charge in [0.15, 0.2) is 0 Å². The Labute approximate surface area is 122 Å². The standard InChI is InChI=1S/C14H19FN2O4/c1-10-8-11(17(19)20)9-12(13(10)15)14(18)16-6-4-3-5-7-21-2/h8-9H,3-7H2,1-2H3,(H,16,18). The Kier molecular flexibility index (Phi) is 6.74. The topological polar surface area (TPSA) is 81.5 Å². The molecule has 21 heavy (non-hydrogen) atoms. The van der Waals surface area contributed by atoms with E-state index in [-0.39, 0.29) is 16.8 Å². The maximum Gasteiger partial charge on any atom is 0.270 e. The van der Waals surface area contributed by atoms with Gasteiger partial charge in [-0.2, -0.15) is 0 Å². The van der Waals surface area contributed by atoms with Crippen LogP contribution in [0.15, 0.2) is 12.1 Å². The Bertz CT molecular complexity index is 520. The number of nitro benzene ring substituents is 1. The van der Waals surface area contributed by atoms with Gasteiger partial charge in [-0.3, -0.25) is 14.9 Å². The number of ether oxygens (including phenoxy) is 1. The molecule has 0 aromatic heterocycles. The lowest BCUT2D eigenvalue weighted by Gasteiger charge is -2.07. The van der Waals surface area contributed by atoms with Crippen LogP contribution in [-0.2, 0) is 4.74 Å². The van der Waals surface area contributed by atoms with E-state index in [1.165, 1.54) is 6.92 Å². The number of hydrogen-bond donors (Lipinski definition) is 1. The fourth-order valence-electron chi connectivity index (χ4n) is 1.87. The molecule has 0 saturated heterocycles. The number of nitrogens with zero attached hydrogens (tertiary/aromatic N) is 1. The number of hydrogen-bond acceptors (Lipinski definition) is 4. The van der Waals surface area contributed by atoms with Crippen molar-refractivity contribution in [2.75, 3.05) is 20.3 Å². The Morgan fingerprint density at radius 2 is 2.10 bits per heavy atom. The Balaban J connectivity index is 2.63. The molecule has 0 atom stereocenters. The number of aryl methyl sites for hydroxylation is 1. The number of carbonyl (C=O) groups is 1. The van der Waals surface area contributed by atoms with Crippen molar-refractivity contribution in [3.8, 4) is 0 Å². The minimum atomic E-state index is -0.725. The number of non-ortho nitro benzene ring substituents is 1. The van der Waals surface area contributed by atoms with Gasteiger partial charge < -0.3 is 10.1 Å². The van der Waals surface area contributed by atoms with Crippen LogP contribution in [0.3, 0.4) is 0 Å². The van der Waals surface area contributed by atoms with E-state index in [1.807, 2.05) is 0 Å². The van der Waals surface area contributed by atoms with E-state index in [0.29, 0.717) is 13.2 Å². The molecule has 1 N–H and O–H groups in total. The van der Waals surface area contributed by atoms with E-state index in [4.69, 9.17) is 4.74 Å². The second kappa shape index (κ2) is 8.31. The van der Waals surface area contributed by atoms with Crippen LogP contribution in [-0.4, -0.2) is 31.1 Å². The third-order valence-corrected chi connectivity index (χ3v) is 3.01. The zero-order chi connectivity index (χ0) is 15.8. The zero-order valence-electron chi connectivity index (χ0n) is 12.1. The van der Waals surface area contributed by atoms with Crippen molar-refractivity contribution in [3.63, 3.8) is 0 Å². The molecule has 0 unspecified atom stereocenters. The van der Waals surface area contributed by atoms with Crippen LogP contribution in [0.1, 0.15) is 35.2 Å². The summed E-state index contributed by atoms with van der Waals surface area (Å²) < 4.78 is 18.8. The first-order valence-electron chi connectivity index (χ1n) is 6.69. The molecular formula is C14H19FN2O4. The van der Waals surface area contributed by atoms with Crippen molar-refractivity contribution in [2.45, 2.75) is 26.2 Å². The van der Waals surface area contributed by atoms with Crippen LogP contribution in [0.25, 0.3) is 0 Å². The molecule has 0 aliphatic rings. The van der Waals surface area contributed by atoms with Crippen LogP contribution in [0.2, 0.25) is 0 Å². The van der Waals surface area contributed by atoms with Crippen molar-refractivity contribution >= 4 is 11.6 Å². The molecule has 1 amide bonds. The van der Waals surface area contributed by atoms with E-state index in [1.54, 1.807) is 7.11 Å². The highest BCUT2D eigenvalue weighted by Crippen LogP contribution is 2.20. The minimum absolute atomic E-state index is 0.0782. The quantitative estimate of drug-likeness (QED) is 0.454. The molecule has 7 heteroatoms. The first kappa shape index (κ1) is 17.0. The van der Waals surface area contributed by atoms with Gasteiger partial charge in [0.25, 0.3) is 11.6 Å². The molecule has 0 aliphatic heterocycles. The van der Waals surface area contributed by atoms with Crippen molar-refractivity contribution < 1.29 is 18.8 Å². The summed E-state index contributed by atoms with van der Waals surface area (Å²) >= 11 is 0. The molecule has 0 fully saturated rings. The molecule has 1 rings (SSSR count). The van der Waals surface area contributed by atoms with E-state index < -0.39 is 16.6 Å². The van der Waals surface area contributed by atoms with Gasteiger partial charge in [0, 0.05) is 32.4 Å². The van der Waals surface area contributed by atoms with E-state index in [0.717, 1.165) is 31.4 Å². The number of unbranched alkanes of at least 4 members (excludes halogenated alkanes) is 2. The number of amides is 1. The SMILES string of the molecule is COCCCCCNC(=O)c1cc([N+](=O)[O-])cc(C)c1F. The predicted molar refractivity (Wildman–Crippen MR) is 75.9 cm³/mol. The summed E-state index contributed by atoms with van der Waals surface area (Å²) in [6.45, 7) is 2.44. The van der Waals surface area contributed by atoms with Crippen LogP contribution >= 0.6 is 0 Å². The predicted octanol–water partition coefficient (Wildman–Crippen LogP) is 2.59. The summed E-state index contributed by atoms with van der Waals surface area (Å²) in [4.78, 5) is 22.0. The number of methoxy groups -OCH3 is 1. The number of benzene rings is 1. The van der Waals surface area contributed by atoms with Gasteiger partial charge in [-0.25, -0.2) is 4.39 Å². The maximum absolute atomic E-state index is 13.9. The first-order chi connectivity index (χ1) is 9.97. The van der Waals surface area contributed by atoms with Gasteiger partial charge in [-0.15, -0.1) is 0 Å². The van der Waals surface area contributed by atoms with Gasteiger partial charge in [0.1, 0.15) is 5.82 Å². The second-order valence-electron chi connectivity index (χ2n) is 4.69. The van der Waals surface area contributed by atoms with E-state index >= 15 is 0 Å². The summed E-state index contributed by atoms with van der Waals surface area (Å²) in [7, 11) is 1.62. The molecule has 0 radical (unpaired) electrons. The third-order valence-electron chi connectivity index (χ3n) is 3.01. The van der Waals surface area contributed by atoms with Crippen molar-refractivity contribution in [1.82, 2.24) is 5.32 Å². The van der Waals surface area contributed by atoms with Crippen LogP contribution in [0.5, 0.6) is 0 Å². The van der Waals surface area contributed by atoms with Crippen LogP contribution in [0, 0.1) is 22.9 Å². The lowest BCUT2D eigenvalue weighted by atomic mass is 10.1. The van der Waals surface area contributed by atoms with Crippen LogP contribution in [0.4, 0.5) is 10.1 Å². The number of carbonyl (C=O) groups excluding carboxylic acids is 1. The normalized spacial score (nSPS) is 10.4. The molecule has 1 aromatic carbocycles. The highest BCUT2D eigenvalue weighted by molar-refractivity contribution is 5.95. The lowest BCUT2D eigenvalue weighted by Crippen LogP contribution is -2.25. The highest BCUT2D eigenvalue weighted by Gasteiger charge is 2.19. The third kappa shape index (κ3) is 5.11. The Hall–Kier alpha value is -2.02. The molecule has 6 nitrogen and oxygen atoms in total. The minimum Gasteiger partial charge on any atom is -0.385 e. The smallest absolute Gasteiger partial charge is 0.270 e. The molecular weight excluding hydrogens is 279 g/mol. The van der Waals surface area contributed by atoms with Crippen molar-refractivity contribution in [1.29, 1.82) is 0 Å². The summed E-state index contributed by atoms with van der Waals surface area (Å²) in [6.07, 6.45) is 2.51. The Morgan fingerprint density at radius 1 is 1.38 bits per heavy atom. The van der Waals surface area contributed by atoms with Gasteiger partial charge in [0.2, 0.25) is 0 Å². The summed E-state index contributed by atoms with van der Waals surface area (Å²) in [6, 6.07) is 2.07. The van der Waals surface area contributed by atoms with Gasteiger partial charge >= 0.3 is 0 Å². The number of nitro groups is 1. The van der Waals surface area contributed by atoms with Gasteiger partial charge in [-0.05, 0) is 31.7 Å². The fourth-order valence-corrected chi connectivity index (χ4v) is 1.87. The van der Waals surface area contributed by atoms with Crippen molar-refractivity contribution in [2.24, 2.45) is 0 Å². The molecule has 0 spiro atoms. The monoisotopic (exact) mass is 298 g/mol. The van der Waals surface area contributed by atoms with E-state index in [2.05, 4.69) is 5.32 Å². The summed E-state index contributed by atoms with van der Waals surface area (Å²) in [5, 5.41) is 13.3. The van der Waals surface area contributed by atoms with Crippen molar-refractivity contribution in [3.05, 3.63) is 39.2 Å². The number of nitrogens with one attached hydrogen (secondary N) is 1. The first-order valence-corrected chi connectivity index (χ1v) is 6.69. The highest BCUT2D eigenvalue weighted by atomic mass is 19.1. The zero-order valence-corrected chi connectivity index (χ0v) is 12.1. The summed E-state index contributed by atoms with van der Waals surface area (Å²) in [5.41, 5.74) is -0.507. The average molecular weight is 298 g/mol. The molecule has 116 valence electrons. The van der Waals surface area contributed by atoms with Gasteiger partial charge in [0.05, 0.1) is 10.5 Å². The molecule has 0 saturated carbocycles. The fraction of sp³-hybridized carbons (Fsp3) is 0.500. The average Bonchev–Trinajstić information content (AvgIpc) is 2.44. The molecule has 0 aliphatic carbocycles. The number of rotatable bonds is 8. The molecule has 0 bridgehead atoms. The summed E-state index contributed by atoms with van der Waals surface area (Å²) in [5.74, 6) is -1.36. The lowest BCUT2D eigenvalue weighted by molar-refractivity contribution is -0.385. The van der Waals surface area contributed by atoms with E-state index in [9.17, 15) is 19.3 Å². The molecule has 0 heterocycles. The Morgan fingerprint density at radius 3 is 2.71 bits per heavy atom. The van der Waals surface area contributed by atoms with Crippen LogP contribution < -0.4 is 5.32 Å². The molecule has 1 aromatic rings. The largest absolute Gasteiger partial charge is 0.385 e. The maximum atomic E-state index is 13.9.